The summed E-state index contributed by atoms with van der Waals surface area (Å²) in [6.45, 7) is 6.25. The van der Waals surface area contributed by atoms with Gasteiger partial charge in [0, 0.05) is 31.6 Å². The molecule has 172 valence electrons. The Morgan fingerprint density at radius 3 is 2.30 bits per heavy atom. The van der Waals surface area contributed by atoms with Crippen molar-refractivity contribution in [3.05, 3.63) is 0 Å². The molecule has 6 heteroatoms. The highest BCUT2D eigenvalue weighted by Gasteiger charge is 2.69. The zero-order chi connectivity index (χ0) is 22.1. The molecule has 0 aromatic heterocycles. The van der Waals surface area contributed by atoms with E-state index in [-0.39, 0.29) is 48.3 Å². The number of aliphatic carboxylic acids is 1. The molecular formula is C24H36F4O2. The molecular weight excluding hydrogens is 396 g/mol. The molecule has 0 aromatic carbocycles. The quantitative estimate of drug-likeness (QED) is 0.484. The molecule has 30 heavy (non-hydrogen) atoms. The number of rotatable bonds is 4. The number of carbonyl (C=O) groups is 1. The van der Waals surface area contributed by atoms with Crippen molar-refractivity contribution in [3.8, 4) is 0 Å². The average molecular weight is 433 g/mol. The summed E-state index contributed by atoms with van der Waals surface area (Å²) in [5.41, 5.74) is -0.618. The highest BCUT2D eigenvalue weighted by molar-refractivity contribution is 5.66. The van der Waals surface area contributed by atoms with E-state index < -0.39 is 41.5 Å². The Morgan fingerprint density at radius 1 is 0.967 bits per heavy atom. The Bertz CT molecular complexity index is 695. The van der Waals surface area contributed by atoms with Crippen LogP contribution in [0.3, 0.4) is 0 Å². The molecule has 0 radical (unpaired) electrons. The molecule has 4 aliphatic rings. The standard InChI is InChI=1S/C24H36F4O2/c1-14(4-7-19(29)30)16-5-6-17-20-18(8-9-22(16,17)3)21(2)10-11-23(25,26)12-15(21)13-24(20,27)28/h14-18,20H,4-13H2,1-3H3,(H,29,30). The van der Waals surface area contributed by atoms with Crippen molar-refractivity contribution < 1.29 is 27.5 Å². The van der Waals surface area contributed by atoms with Crippen LogP contribution in [0.1, 0.15) is 85.0 Å². The fraction of sp³-hybridized carbons (Fsp3) is 0.958. The number of hydrogen-bond donors (Lipinski definition) is 1. The lowest BCUT2D eigenvalue weighted by Gasteiger charge is -2.63. The maximum atomic E-state index is 15.6. The van der Waals surface area contributed by atoms with Crippen LogP contribution in [0.2, 0.25) is 0 Å². The third-order valence-corrected chi connectivity index (χ3v) is 10.2. The first kappa shape index (κ1) is 22.4. The summed E-state index contributed by atoms with van der Waals surface area (Å²) < 4.78 is 59.4. The maximum absolute atomic E-state index is 15.6. The normalized spacial score (nSPS) is 47.6. The van der Waals surface area contributed by atoms with E-state index >= 15 is 8.78 Å². The number of hydrogen-bond acceptors (Lipinski definition) is 1. The van der Waals surface area contributed by atoms with Crippen molar-refractivity contribution in [3.63, 3.8) is 0 Å². The molecule has 8 unspecified atom stereocenters. The van der Waals surface area contributed by atoms with Crippen LogP contribution in [0, 0.1) is 46.3 Å². The zero-order valence-electron chi connectivity index (χ0n) is 18.4. The molecule has 0 saturated heterocycles. The Balaban J connectivity index is 1.61. The highest BCUT2D eigenvalue weighted by Crippen LogP contribution is 2.71. The van der Waals surface area contributed by atoms with Crippen molar-refractivity contribution >= 4 is 5.97 Å². The molecule has 0 amide bonds. The average Bonchev–Trinajstić information content (AvgIpc) is 2.98. The van der Waals surface area contributed by atoms with Crippen molar-refractivity contribution in [2.24, 2.45) is 46.3 Å². The van der Waals surface area contributed by atoms with E-state index in [9.17, 15) is 13.6 Å². The first-order valence-electron chi connectivity index (χ1n) is 11.8. The monoisotopic (exact) mass is 432 g/mol. The number of carboxylic acids is 1. The van der Waals surface area contributed by atoms with Crippen LogP contribution in [0.25, 0.3) is 0 Å². The third kappa shape index (κ3) is 3.39. The topological polar surface area (TPSA) is 37.3 Å². The number of fused-ring (bicyclic) bond motifs is 5. The fourth-order valence-corrected chi connectivity index (χ4v) is 8.61. The van der Waals surface area contributed by atoms with Gasteiger partial charge in [-0.3, -0.25) is 4.79 Å². The van der Waals surface area contributed by atoms with E-state index in [1.165, 1.54) is 0 Å². The van der Waals surface area contributed by atoms with Gasteiger partial charge < -0.3 is 5.11 Å². The van der Waals surface area contributed by atoms with E-state index in [1.54, 1.807) is 0 Å². The van der Waals surface area contributed by atoms with E-state index in [2.05, 4.69) is 13.8 Å². The minimum Gasteiger partial charge on any atom is -0.481 e. The molecule has 0 aromatic rings. The van der Waals surface area contributed by atoms with Crippen molar-refractivity contribution in [1.29, 1.82) is 0 Å². The third-order valence-electron chi connectivity index (χ3n) is 10.2. The molecule has 0 bridgehead atoms. The highest BCUT2D eigenvalue weighted by atomic mass is 19.3. The van der Waals surface area contributed by atoms with Gasteiger partial charge in [-0.2, -0.15) is 0 Å². The predicted molar refractivity (Wildman–Crippen MR) is 107 cm³/mol. The molecule has 0 heterocycles. The lowest BCUT2D eigenvalue weighted by Crippen LogP contribution is -2.61. The minimum atomic E-state index is -2.90. The Hall–Kier alpha value is -0.810. The summed E-state index contributed by atoms with van der Waals surface area (Å²) >= 11 is 0. The second-order valence-electron chi connectivity index (χ2n) is 11.6. The minimum absolute atomic E-state index is 0.0938. The first-order valence-corrected chi connectivity index (χ1v) is 11.8. The van der Waals surface area contributed by atoms with Gasteiger partial charge >= 0.3 is 5.97 Å². The molecule has 2 nitrogen and oxygen atoms in total. The summed E-state index contributed by atoms with van der Waals surface area (Å²) in [6, 6.07) is 0. The maximum Gasteiger partial charge on any atom is 0.303 e. The molecule has 0 spiro atoms. The molecule has 4 saturated carbocycles. The Labute approximate surface area is 177 Å². The van der Waals surface area contributed by atoms with E-state index in [1.807, 2.05) is 6.92 Å². The van der Waals surface area contributed by atoms with Gasteiger partial charge in [-0.05, 0) is 78.9 Å². The molecule has 1 N–H and O–H groups in total. The van der Waals surface area contributed by atoms with Gasteiger partial charge in [-0.15, -0.1) is 0 Å². The van der Waals surface area contributed by atoms with Gasteiger partial charge in [0.2, 0.25) is 5.92 Å². The number of alkyl halides is 4. The van der Waals surface area contributed by atoms with E-state index in [0.717, 1.165) is 19.3 Å². The van der Waals surface area contributed by atoms with Crippen molar-refractivity contribution in [2.45, 2.75) is 96.8 Å². The Kier molecular flexibility index (Phi) is 5.30. The van der Waals surface area contributed by atoms with Gasteiger partial charge in [0.05, 0.1) is 0 Å². The lowest BCUT2D eigenvalue weighted by molar-refractivity contribution is -0.249. The van der Waals surface area contributed by atoms with Gasteiger partial charge in [-0.25, -0.2) is 17.6 Å². The van der Waals surface area contributed by atoms with Crippen LogP contribution < -0.4 is 0 Å². The van der Waals surface area contributed by atoms with Crippen LogP contribution in [0.4, 0.5) is 17.6 Å². The van der Waals surface area contributed by atoms with Gasteiger partial charge in [0.1, 0.15) is 0 Å². The summed E-state index contributed by atoms with van der Waals surface area (Å²) in [5.74, 6) is -7.66. The molecule has 8 atom stereocenters. The van der Waals surface area contributed by atoms with Crippen molar-refractivity contribution in [2.75, 3.05) is 0 Å². The predicted octanol–water partition coefficient (Wildman–Crippen LogP) is 7.03. The smallest absolute Gasteiger partial charge is 0.303 e. The van der Waals surface area contributed by atoms with Crippen molar-refractivity contribution in [1.82, 2.24) is 0 Å². The van der Waals surface area contributed by atoms with Crippen LogP contribution in [0.5, 0.6) is 0 Å². The number of halogens is 4. The number of carboxylic acid groups (broad SMARTS) is 1. The second kappa shape index (κ2) is 7.10. The summed E-state index contributed by atoms with van der Waals surface area (Å²) in [5, 5.41) is 9.05. The van der Waals surface area contributed by atoms with Gasteiger partial charge in [0.25, 0.3) is 5.92 Å². The molecule has 4 aliphatic carbocycles. The molecule has 0 aliphatic heterocycles. The second-order valence-corrected chi connectivity index (χ2v) is 11.6. The van der Waals surface area contributed by atoms with Gasteiger partial charge in [0.15, 0.2) is 0 Å². The summed E-state index contributed by atoms with van der Waals surface area (Å²) in [4.78, 5) is 11.0. The van der Waals surface area contributed by atoms with Crippen LogP contribution >= 0.6 is 0 Å². The van der Waals surface area contributed by atoms with Crippen LogP contribution in [0.15, 0.2) is 0 Å². The zero-order valence-corrected chi connectivity index (χ0v) is 18.4. The summed E-state index contributed by atoms with van der Waals surface area (Å²) in [6.07, 6.45) is 3.27. The first-order chi connectivity index (χ1) is 13.8. The largest absolute Gasteiger partial charge is 0.481 e. The van der Waals surface area contributed by atoms with E-state index in [4.69, 9.17) is 5.11 Å². The van der Waals surface area contributed by atoms with E-state index in [0.29, 0.717) is 19.3 Å². The Morgan fingerprint density at radius 2 is 1.63 bits per heavy atom. The SMILES string of the molecule is CC(CCC(=O)O)C1CCC2C3C(CCC12C)C1(C)CCC(F)(F)CC1CC3(F)F. The van der Waals surface area contributed by atoms with Crippen LogP contribution in [-0.2, 0) is 4.79 Å². The summed E-state index contributed by atoms with van der Waals surface area (Å²) in [7, 11) is 0. The lowest BCUT2D eigenvalue weighted by atomic mass is 9.43. The fourth-order valence-electron chi connectivity index (χ4n) is 8.61. The molecule has 4 fully saturated rings. The molecule has 4 rings (SSSR count). The van der Waals surface area contributed by atoms with Gasteiger partial charge in [-0.1, -0.05) is 20.8 Å². The van der Waals surface area contributed by atoms with Crippen LogP contribution in [-0.4, -0.2) is 22.9 Å².